The molecular formula is C17H15BrF3NO4. The zero-order valence-corrected chi connectivity index (χ0v) is 15.3. The van der Waals surface area contributed by atoms with E-state index in [0.717, 1.165) is 10.6 Å². The molecule has 1 fully saturated rings. The Morgan fingerprint density at radius 2 is 2.08 bits per heavy atom. The van der Waals surface area contributed by atoms with Crippen LogP contribution in [0.3, 0.4) is 0 Å². The number of nitrogens with zero attached hydrogens (tertiary/aromatic N) is 1. The molecule has 0 amide bonds. The van der Waals surface area contributed by atoms with Crippen molar-refractivity contribution in [2.75, 3.05) is 6.61 Å². The van der Waals surface area contributed by atoms with E-state index in [0.29, 0.717) is 0 Å². The molecular weight excluding hydrogens is 419 g/mol. The summed E-state index contributed by atoms with van der Waals surface area (Å²) in [4.78, 5) is 24.8. The molecule has 0 atom stereocenters. The van der Waals surface area contributed by atoms with E-state index in [2.05, 4.69) is 15.9 Å². The molecule has 0 saturated heterocycles. The molecule has 1 N–H and O–H groups in total. The summed E-state index contributed by atoms with van der Waals surface area (Å²) in [6, 6.07) is 2.25. The van der Waals surface area contributed by atoms with Crippen LogP contribution in [0.2, 0.25) is 0 Å². The number of ether oxygens (including phenoxy) is 1. The molecule has 3 rings (SSSR count). The molecule has 1 aliphatic rings. The van der Waals surface area contributed by atoms with Crippen molar-refractivity contribution in [3.8, 4) is 5.75 Å². The lowest BCUT2D eigenvalue weighted by Gasteiger charge is -2.35. The van der Waals surface area contributed by atoms with E-state index >= 15 is 0 Å². The number of alkyl halides is 2. The first-order valence-corrected chi connectivity index (χ1v) is 8.73. The van der Waals surface area contributed by atoms with Crippen molar-refractivity contribution in [2.24, 2.45) is 5.92 Å². The number of carbonyl (C=O) groups excluding carboxylic acids is 1. The highest BCUT2D eigenvalue weighted by molar-refractivity contribution is 9.10. The SMILES string of the molecule is CCOC(=O)c1c(O)c2cc(Br)c(F)cc2n(CC2CC(F)(F)C2)c1=O. The van der Waals surface area contributed by atoms with Crippen LogP contribution in [0.1, 0.15) is 30.1 Å². The summed E-state index contributed by atoms with van der Waals surface area (Å²) in [5.41, 5.74) is -1.47. The number of carbonyl (C=O) groups is 1. The molecule has 0 bridgehead atoms. The summed E-state index contributed by atoms with van der Waals surface area (Å²) < 4.78 is 46.1. The Hall–Kier alpha value is -2.03. The molecule has 1 saturated carbocycles. The van der Waals surface area contributed by atoms with E-state index in [1.807, 2.05) is 0 Å². The largest absolute Gasteiger partial charge is 0.506 e. The summed E-state index contributed by atoms with van der Waals surface area (Å²) in [5, 5.41) is 10.4. The number of hydrogen-bond donors (Lipinski definition) is 1. The third-order valence-electron chi connectivity index (χ3n) is 4.38. The second-order valence-corrected chi connectivity index (χ2v) is 7.13. The Labute approximate surface area is 154 Å². The van der Waals surface area contributed by atoms with E-state index < -0.39 is 53.3 Å². The minimum Gasteiger partial charge on any atom is -0.506 e. The Balaban J connectivity index is 2.21. The standard InChI is InChI=1S/C17H15BrF3NO4/c1-2-26-16(25)13-14(23)9-3-10(18)11(19)4-12(9)22(15(13)24)7-8-5-17(20,21)6-8/h3-4,8,23H,2,5-7H2,1H3. The molecule has 0 radical (unpaired) electrons. The molecule has 2 aromatic rings. The maximum atomic E-state index is 14.0. The fourth-order valence-corrected chi connectivity index (χ4v) is 3.51. The number of aromatic nitrogens is 1. The minimum absolute atomic E-state index is 0.0162. The third-order valence-corrected chi connectivity index (χ3v) is 4.98. The summed E-state index contributed by atoms with van der Waals surface area (Å²) >= 11 is 2.99. The zero-order chi connectivity index (χ0) is 19.2. The average Bonchev–Trinajstić information content (AvgIpc) is 2.52. The zero-order valence-electron chi connectivity index (χ0n) is 13.7. The van der Waals surface area contributed by atoms with E-state index in [1.54, 1.807) is 0 Å². The Morgan fingerprint density at radius 1 is 1.42 bits per heavy atom. The van der Waals surface area contributed by atoms with Crippen LogP contribution in [-0.4, -0.2) is 28.2 Å². The van der Waals surface area contributed by atoms with Gasteiger partial charge in [-0.3, -0.25) is 4.79 Å². The first kappa shape index (κ1) is 18.8. The molecule has 0 unspecified atom stereocenters. The smallest absolute Gasteiger partial charge is 0.347 e. The van der Waals surface area contributed by atoms with E-state index in [-0.39, 0.29) is 28.5 Å². The fourth-order valence-electron chi connectivity index (χ4n) is 3.17. The molecule has 0 spiro atoms. The Morgan fingerprint density at radius 3 is 2.65 bits per heavy atom. The van der Waals surface area contributed by atoms with E-state index in [9.17, 15) is 27.9 Å². The van der Waals surface area contributed by atoms with Crippen molar-refractivity contribution in [2.45, 2.75) is 32.2 Å². The monoisotopic (exact) mass is 433 g/mol. The van der Waals surface area contributed by atoms with Gasteiger partial charge in [0.15, 0.2) is 5.56 Å². The molecule has 1 aromatic carbocycles. The van der Waals surface area contributed by atoms with Crippen LogP contribution in [0.4, 0.5) is 13.2 Å². The molecule has 9 heteroatoms. The van der Waals surface area contributed by atoms with Crippen molar-refractivity contribution in [3.63, 3.8) is 0 Å². The van der Waals surface area contributed by atoms with Gasteiger partial charge in [0.25, 0.3) is 5.56 Å². The van der Waals surface area contributed by atoms with Crippen molar-refractivity contribution in [1.29, 1.82) is 0 Å². The van der Waals surface area contributed by atoms with Gasteiger partial charge in [0.2, 0.25) is 5.92 Å². The molecule has 1 aromatic heterocycles. The molecule has 1 heterocycles. The van der Waals surface area contributed by atoms with Gasteiger partial charge in [-0.2, -0.15) is 0 Å². The highest BCUT2D eigenvalue weighted by Gasteiger charge is 2.45. The number of benzene rings is 1. The van der Waals surface area contributed by atoms with Crippen LogP contribution in [0, 0.1) is 11.7 Å². The van der Waals surface area contributed by atoms with Gasteiger partial charge in [0.05, 0.1) is 16.6 Å². The van der Waals surface area contributed by atoms with E-state index in [1.165, 1.54) is 13.0 Å². The van der Waals surface area contributed by atoms with E-state index in [4.69, 9.17) is 4.74 Å². The van der Waals surface area contributed by atoms with Crippen molar-refractivity contribution >= 4 is 32.8 Å². The maximum absolute atomic E-state index is 14.0. The Bertz CT molecular complexity index is 949. The van der Waals surface area contributed by atoms with Crippen LogP contribution in [-0.2, 0) is 11.3 Å². The Kier molecular flexibility index (Phi) is 4.76. The predicted octanol–water partition coefficient (Wildman–Crippen LogP) is 3.83. The summed E-state index contributed by atoms with van der Waals surface area (Å²) in [6.07, 6.45) is -0.787. The number of pyridine rings is 1. The normalized spacial score (nSPS) is 16.5. The molecule has 0 aliphatic heterocycles. The number of rotatable bonds is 4. The number of aromatic hydroxyl groups is 1. The molecule has 5 nitrogen and oxygen atoms in total. The minimum atomic E-state index is -2.78. The number of esters is 1. The highest BCUT2D eigenvalue weighted by atomic mass is 79.9. The van der Waals surface area contributed by atoms with Gasteiger partial charge in [0.1, 0.15) is 11.6 Å². The maximum Gasteiger partial charge on any atom is 0.347 e. The highest BCUT2D eigenvalue weighted by Crippen LogP contribution is 2.43. The predicted molar refractivity (Wildman–Crippen MR) is 91.2 cm³/mol. The third kappa shape index (κ3) is 3.20. The average molecular weight is 434 g/mol. The van der Waals surface area contributed by atoms with Crippen molar-refractivity contribution in [1.82, 2.24) is 4.57 Å². The van der Waals surface area contributed by atoms with Gasteiger partial charge in [-0.15, -0.1) is 0 Å². The van der Waals surface area contributed by atoms with Crippen LogP contribution in [0.15, 0.2) is 21.4 Å². The second kappa shape index (κ2) is 6.61. The van der Waals surface area contributed by atoms with Crippen LogP contribution >= 0.6 is 15.9 Å². The molecule has 26 heavy (non-hydrogen) atoms. The van der Waals surface area contributed by atoms with Gasteiger partial charge in [-0.25, -0.2) is 18.0 Å². The van der Waals surface area contributed by atoms with Crippen LogP contribution < -0.4 is 5.56 Å². The van der Waals surface area contributed by atoms with Gasteiger partial charge in [-0.05, 0) is 40.9 Å². The summed E-state index contributed by atoms with van der Waals surface area (Å²) in [5.74, 6) is -5.60. The quantitative estimate of drug-likeness (QED) is 0.743. The number of fused-ring (bicyclic) bond motifs is 1. The fraction of sp³-hybridized carbons (Fsp3) is 0.412. The van der Waals surface area contributed by atoms with Crippen LogP contribution in [0.25, 0.3) is 10.9 Å². The first-order chi connectivity index (χ1) is 12.1. The number of hydrogen-bond acceptors (Lipinski definition) is 4. The second-order valence-electron chi connectivity index (χ2n) is 6.27. The lowest BCUT2D eigenvalue weighted by molar-refractivity contribution is -0.114. The van der Waals surface area contributed by atoms with Crippen molar-refractivity contribution in [3.05, 3.63) is 38.3 Å². The molecule has 140 valence electrons. The lowest BCUT2D eigenvalue weighted by atomic mass is 9.81. The van der Waals surface area contributed by atoms with Gasteiger partial charge >= 0.3 is 5.97 Å². The summed E-state index contributed by atoms with van der Waals surface area (Å²) in [7, 11) is 0. The van der Waals surface area contributed by atoms with Crippen LogP contribution in [0.5, 0.6) is 5.75 Å². The van der Waals surface area contributed by atoms with Gasteiger partial charge in [0, 0.05) is 24.8 Å². The van der Waals surface area contributed by atoms with Gasteiger partial charge < -0.3 is 14.4 Å². The first-order valence-electron chi connectivity index (χ1n) is 7.94. The topological polar surface area (TPSA) is 68.5 Å². The molecule has 1 aliphatic carbocycles. The van der Waals surface area contributed by atoms with Crippen molar-refractivity contribution < 1.29 is 27.8 Å². The lowest BCUT2D eigenvalue weighted by Crippen LogP contribution is -2.40. The number of halogens is 4. The van der Waals surface area contributed by atoms with Gasteiger partial charge in [-0.1, -0.05) is 0 Å². The summed E-state index contributed by atoms with van der Waals surface area (Å²) in [6.45, 7) is 1.41.